The Morgan fingerprint density at radius 2 is 1.93 bits per heavy atom. The van der Waals surface area contributed by atoms with Gasteiger partial charge in [0.05, 0.1) is 16.8 Å². The summed E-state index contributed by atoms with van der Waals surface area (Å²) >= 11 is 0. The fraction of sp³-hybridized carbons (Fsp3) is 0.441. The molecular formula is C34H47F3N6O. The maximum absolute atomic E-state index is 13.9. The highest BCUT2D eigenvalue weighted by molar-refractivity contribution is 5.94. The van der Waals surface area contributed by atoms with Gasteiger partial charge in [-0.15, -0.1) is 0 Å². The van der Waals surface area contributed by atoms with Gasteiger partial charge in [0.15, 0.2) is 0 Å². The second-order valence-corrected chi connectivity index (χ2v) is 10.6. The maximum Gasteiger partial charge on any atom is 0.418 e. The Hall–Kier alpha value is -3.92. The number of amides is 1. The molecule has 0 atom stereocenters. The fourth-order valence-corrected chi connectivity index (χ4v) is 4.69. The summed E-state index contributed by atoms with van der Waals surface area (Å²) in [6.07, 6.45) is 10.8. The highest BCUT2D eigenvalue weighted by Gasteiger charge is 2.36. The van der Waals surface area contributed by atoms with Crippen molar-refractivity contribution in [3.8, 4) is 0 Å². The van der Waals surface area contributed by atoms with Crippen molar-refractivity contribution in [3.05, 3.63) is 88.3 Å². The van der Waals surface area contributed by atoms with Crippen LogP contribution in [0.15, 0.2) is 60.2 Å². The van der Waals surface area contributed by atoms with Gasteiger partial charge in [-0.2, -0.15) is 13.2 Å². The van der Waals surface area contributed by atoms with Crippen LogP contribution in [0.1, 0.15) is 79.8 Å². The predicted octanol–water partition coefficient (Wildman–Crippen LogP) is 7.55. The van der Waals surface area contributed by atoms with Gasteiger partial charge >= 0.3 is 6.18 Å². The van der Waals surface area contributed by atoms with E-state index in [4.69, 9.17) is 0 Å². The summed E-state index contributed by atoms with van der Waals surface area (Å²) in [5, 5.41) is 6.56. The van der Waals surface area contributed by atoms with Gasteiger partial charge < -0.3 is 15.5 Å². The zero-order valence-corrected chi connectivity index (χ0v) is 27.3. The second kappa shape index (κ2) is 17.4. The Morgan fingerprint density at radius 3 is 2.52 bits per heavy atom. The minimum Gasteiger partial charge on any atom is -0.388 e. The smallest absolute Gasteiger partial charge is 0.388 e. The van der Waals surface area contributed by atoms with Crippen molar-refractivity contribution in [2.45, 2.75) is 60.1 Å². The van der Waals surface area contributed by atoms with Gasteiger partial charge in [0.1, 0.15) is 0 Å². The number of hydrogen-bond donors (Lipinski definition) is 2. The molecule has 2 aromatic heterocycles. The number of rotatable bonds is 11. The van der Waals surface area contributed by atoms with Crippen LogP contribution in [0, 0.1) is 6.92 Å². The lowest BCUT2D eigenvalue weighted by Crippen LogP contribution is -2.30. The lowest BCUT2D eigenvalue weighted by Gasteiger charge is -2.27. The summed E-state index contributed by atoms with van der Waals surface area (Å²) in [7, 11) is 4.89. The molecule has 0 unspecified atom stereocenters. The van der Waals surface area contributed by atoms with Gasteiger partial charge in [0, 0.05) is 82.0 Å². The molecule has 0 aromatic carbocycles. The number of halogens is 3. The molecular weight excluding hydrogens is 565 g/mol. The molecule has 0 aliphatic carbocycles. The summed E-state index contributed by atoms with van der Waals surface area (Å²) < 4.78 is 41.8. The van der Waals surface area contributed by atoms with Crippen molar-refractivity contribution in [1.29, 1.82) is 0 Å². The molecule has 3 heterocycles. The van der Waals surface area contributed by atoms with E-state index in [1.165, 1.54) is 25.2 Å². The van der Waals surface area contributed by atoms with E-state index in [1.54, 1.807) is 12.3 Å². The Morgan fingerprint density at radius 1 is 1.20 bits per heavy atom. The lowest BCUT2D eigenvalue weighted by molar-refractivity contribution is -0.138. The topological polar surface area (TPSA) is 73.4 Å². The number of carbonyl (C=O) groups is 1. The average molecular weight is 613 g/mol. The summed E-state index contributed by atoms with van der Waals surface area (Å²) in [6, 6.07) is 2.84. The lowest BCUT2D eigenvalue weighted by atomic mass is 9.98. The first kappa shape index (κ1) is 36.3. The number of likely N-dealkylation sites (N-methyl/N-ethyl adjacent to an activating group) is 1. The Bertz CT molecular complexity index is 1380. The van der Waals surface area contributed by atoms with E-state index in [1.807, 2.05) is 53.1 Å². The normalized spacial score (nSPS) is 14.6. The first-order chi connectivity index (χ1) is 20.9. The molecule has 0 saturated carbocycles. The van der Waals surface area contributed by atoms with Crippen LogP contribution >= 0.6 is 0 Å². The van der Waals surface area contributed by atoms with E-state index in [-0.39, 0.29) is 11.3 Å². The Balaban J connectivity index is 0.00000330. The molecule has 0 spiro atoms. The second-order valence-electron chi connectivity index (χ2n) is 10.6. The van der Waals surface area contributed by atoms with Gasteiger partial charge in [0.25, 0.3) is 5.91 Å². The molecule has 44 heavy (non-hydrogen) atoms. The standard InChI is InChI=1S/C32H41F3N6O.C2H6/c1-7-8-9-26(36-4)10-14-38-29-11-15-37-23(3)27(29)18-22(2)21-41-16-12-24(13-17-41)30-28(32(33,34)35)19-25(20-39-30)31(42)40(5)6;1-2/h9-12,14-15,18-20,36H,7-8,13,16-17,21H2,1-6H3,(H,37,38);1-2H3/b14-10-,22-18+,26-9+;. The van der Waals surface area contributed by atoms with Gasteiger partial charge in [-0.25, -0.2) is 0 Å². The van der Waals surface area contributed by atoms with E-state index in [9.17, 15) is 18.0 Å². The molecule has 0 radical (unpaired) electrons. The van der Waals surface area contributed by atoms with Gasteiger partial charge in [-0.1, -0.05) is 51.0 Å². The summed E-state index contributed by atoms with van der Waals surface area (Å²) in [6.45, 7) is 11.9. The molecule has 2 aromatic rings. The van der Waals surface area contributed by atoms with E-state index in [2.05, 4.69) is 44.6 Å². The predicted molar refractivity (Wildman–Crippen MR) is 175 cm³/mol. The van der Waals surface area contributed by atoms with Crippen LogP contribution in [0.4, 0.5) is 18.9 Å². The quantitative estimate of drug-likeness (QED) is 0.255. The summed E-state index contributed by atoms with van der Waals surface area (Å²) in [5.74, 6) is -0.518. The number of aromatic nitrogens is 2. The summed E-state index contributed by atoms with van der Waals surface area (Å²) in [5.41, 5.74) is 4.44. The minimum atomic E-state index is -4.62. The summed E-state index contributed by atoms with van der Waals surface area (Å²) in [4.78, 5) is 24.2. The molecule has 1 aliphatic heterocycles. The number of nitrogens with zero attached hydrogens (tertiary/aromatic N) is 4. The molecule has 0 saturated heterocycles. The largest absolute Gasteiger partial charge is 0.418 e. The number of allylic oxidation sites excluding steroid dienone is 2. The Kier molecular flexibility index (Phi) is 14.3. The van der Waals surface area contributed by atoms with E-state index in [0.717, 1.165) is 47.1 Å². The van der Waals surface area contributed by atoms with Crippen LogP contribution in [0.2, 0.25) is 0 Å². The number of hydrogen-bond acceptors (Lipinski definition) is 6. The van der Waals surface area contributed by atoms with Crippen molar-refractivity contribution < 1.29 is 18.0 Å². The SMILES string of the molecule is CC.CCC/C=C(\C=C/Nc1ccnc(C)c1/C=C(\C)CN1CC=C(c2ncc(C(=O)N(C)C)cc2C(F)(F)F)CC1)NC. The maximum atomic E-state index is 13.9. The van der Waals surface area contributed by atoms with Gasteiger partial charge in [0.2, 0.25) is 0 Å². The third-order valence-electron chi connectivity index (χ3n) is 6.94. The average Bonchev–Trinajstić information content (AvgIpc) is 3.00. The first-order valence-corrected chi connectivity index (χ1v) is 15.1. The Labute approximate surface area is 260 Å². The van der Waals surface area contributed by atoms with Crippen molar-refractivity contribution in [2.24, 2.45) is 0 Å². The monoisotopic (exact) mass is 612 g/mol. The van der Waals surface area contributed by atoms with Crippen molar-refractivity contribution in [1.82, 2.24) is 25.1 Å². The highest BCUT2D eigenvalue weighted by Crippen LogP contribution is 2.36. The molecule has 240 valence electrons. The third kappa shape index (κ3) is 10.4. The number of aryl methyl sites for hydroxylation is 1. The minimum absolute atomic E-state index is 0.0830. The third-order valence-corrected chi connectivity index (χ3v) is 6.94. The molecule has 0 fully saturated rings. The van der Waals surface area contributed by atoms with Gasteiger partial charge in [-0.05, 0) is 50.5 Å². The number of pyridine rings is 2. The van der Waals surface area contributed by atoms with E-state index in [0.29, 0.717) is 31.6 Å². The molecule has 1 amide bonds. The molecule has 3 rings (SSSR count). The van der Waals surface area contributed by atoms with Crippen LogP contribution in [0.3, 0.4) is 0 Å². The number of nitrogens with one attached hydrogen (secondary N) is 2. The van der Waals surface area contributed by atoms with Gasteiger partial charge in [-0.3, -0.25) is 19.7 Å². The highest BCUT2D eigenvalue weighted by atomic mass is 19.4. The van der Waals surface area contributed by atoms with Crippen molar-refractivity contribution >= 4 is 23.2 Å². The van der Waals surface area contributed by atoms with Crippen LogP contribution in [0.25, 0.3) is 11.6 Å². The number of carbonyl (C=O) groups excluding carboxylic acids is 1. The van der Waals surface area contributed by atoms with Crippen LogP contribution in [-0.4, -0.2) is 66.5 Å². The van der Waals surface area contributed by atoms with Crippen molar-refractivity contribution in [2.75, 3.05) is 46.1 Å². The zero-order chi connectivity index (χ0) is 32.9. The number of unbranched alkanes of at least 4 members (excludes halogenated alkanes) is 1. The van der Waals surface area contributed by atoms with Crippen LogP contribution < -0.4 is 10.6 Å². The van der Waals surface area contributed by atoms with Crippen LogP contribution in [0.5, 0.6) is 0 Å². The molecule has 1 aliphatic rings. The molecule has 2 N–H and O–H groups in total. The van der Waals surface area contributed by atoms with E-state index >= 15 is 0 Å². The van der Waals surface area contributed by atoms with Crippen molar-refractivity contribution in [3.63, 3.8) is 0 Å². The van der Waals surface area contributed by atoms with Crippen LogP contribution in [-0.2, 0) is 6.18 Å². The number of anilines is 1. The molecule has 10 heteroatoms. The van der Waals surface area contributed by atoms with E-state index < -0.39 is 17.6 Å². The fourth-order valence-electron chi connectivity index (χ4n) is 4.69. The zero-order valence-electron chi connectivity index (χ0n) is 27.3. The molecule has 7 nitrogen and oxygen atoms in total. The number of alkyl halides is 3. The molecule has 0 bridgehead atoms. The first-order valence-electron chi connectivity index (χ1n) is 15.1.